The van der Waals surface area contributed by atoms with Crippen LogP contribution in [0.2, 0.25) is 0 Å². The van der Waals surface area contributed by atoms with Crippen LogP contribution in [0.5, 0.6) is 0 Å². The van der Waals surface area contributed by atoms with Gasteiger partial charge in [0.1, 0.15) is 16.7 Å². The number of thioether (sulfide) groups is 1. The van der Waals surface area contributed by atoms with E-state index in [2.05, 4.69) is 15.3 Å². The van der Waals surface area contributed by atoms with Gasteiger partial charge in [0.05, 0.1) is 24.0 Å². The van der Waals surface area contributed by atoms with E-state index in [4.69, 9.17) is 4.74 Å². The van der Waals surface area contributed by atoms with Crippen molar-refractivity contribution in [2.45, 2.75) is 37.5 Å². The molecule has 0 saturated carbocycles. The van der Waals surface area contributed by atoms with Gasteiger partial charge < -0.3 is 15.0 Å². The lowest BCUT2D eigenvalue weighted by atomic mass is 10.1. The molecule has 1 unspecified atom stereocenters. The van der Waals surface area contributed by atoms with E-state index in [0.717, 1.165) is 40.6 Å². The summed E-state index contributed by atoms with van der Waals surface area (Å²) in [6.45, 7) is 0. The molecule has 9 heteroatoms. The molecule has 1 aliphatic carbocycles. The lowest BCUT2D eigenvalue weighted by Crippen LogP contribution is -2.43. The van der Waals surface area contributed by atoms with Crippen molar-refractivity contribution < 1.29 is 14.3 Å². The van der Waals surface area contributed by atoms with E-state index < -0.39 is 12.0 Å². The molecule has 1 amide bonds. The molecule has 0 spiro atoms. The fourth-order valence-corrected chi connectivity index (χ4v) is 5.76. The zero-order valence-corrected chi connectivity index (χ0v) is 18.7. The van der Waals surface area contributed by atoms with Crippen molar-refractivity contribution in [1.82, 2.24) is 15.3 Å². The van der Waals surface area contributed by atoms with E-state index in [1.54, 1.807) is 11.3 Å². The number of carbonyl (C=O) groups is 2. The van der Waals surface area contributed by atoms with Crippen LogP contribution in [0, 0.1) is 0 Å². The summed E-state index contributed by atoms with van der Waals surface area (Å²) in [4.78, 5) is 46.5. The first-order valence-electron chi connectivity index (χ1n) is 10.1. The normalized spacial score (nSPS) is 13.7. The molecule has 1 atom stereocenters. The Morgan fingerprint density at radius 3 is 2.87 bits per heavy atom. The number of hydrogen-bond acceptors (Lipinski definition) is 7. The van der Waals surface area contributed by atoms with E-state index in [-0.39, 0.29) is 17.2 Å². The maximum Gasteiger partial charge on any atom is 0.328 e. The zero-order chi connectivity index (χ0) is 21.8. The van der Waals surface area contributed by atoms with E-state index in [1.165, 1.54) is 23.7 Å². The maximum absolute atomic E-state index is 12.5. The quantitative estimate of drug-likeness (QED) is 0.504. The first-order valence-corrected chi connectivity index (χ1v) is 12.0. The molecule has 2 heterocycles. The van der Waals surface area contributed by atoms with Crippen LogP contribution in [0.25, 0.3) is 10.2 Å². The number of hydrogen-bond donors (Lipinski definition) is 2. The summed E-state index contributed by atoms with van der Waals surface area (Å²) in [7, 11) is 1.31. The summed E-state index contributed by atoms with van der Waals surface area (Å²) < 4.78 is 4.83. The largest absolute Gasteiger partial charge is 0.467 e. The molecule has 2 N–H and O–H groups in total. The number of amides is 1. The Morgan fingerprint density at radius 1 is 1.29 bits per heavy atom. The number of fused-ring (bicyclic) bond motifs is 3. The van der Waals surface area contributed by atoms with Gasteiger partial charge in [-0.3, -0.25) is 9.59 Å². The van der Waals surface area contributed by atoms with Gasteiger partial charge in [0.2, 0.25) is 5.91 Å². The van der Waals surface area contributed by atoms with Gasteiger partial charge in [-0.25, -0.2) is 9.78 Å². The molecular formula is C22H23N3O4S2. The minimum Gasteiger partial charge on any atom is -0.467 e. The summed E-state index contributed by atoms with van der Waals surface area (Å²) in [6.07, 6.45) is 3.42. The number of carbonyl (C=O) groups excluding carboxylic acids is 2. The lowest BCUT2D eigenvalue weighted by molar-refractivity contribution is -0.144. The average Bonchev–Trinajstić information content (AvgIpc) is 3.34. The molecular weight excluding hydrogens is 434 g/mol. The molecule has 31 heavy (non-hydrogen) atoms. The second-order valence-electron chi connectivity index (χ2n) is 7.38. The van der Waals surface area contributed by atoms with Crippen LogP contribution in [0.4, 0.5) is 0 Å². The molecule has 0 saturated heterocycles. The summed E-state index contributed by atoms with van der Waals surface area (Å²) in [5.74, 6) is 0.358. The van der Waals surface area contributed by atoms with Gasteiger partial charge >= 0.3 is 5.97 Å². The third kappa shape index (κ3) is 4.99. The SMILES string of the molecule is COC(=O)C(Cc1ccccc1)NC(=O)CSCc1nc2sc3c(c2c(=O)[nH]1)CCC3. The lowest BCUT2D eigenvalue weighted by Gasteiger charge is -2.16. The van der Waals surface area contributed by atoms with Crippen LogP contribution >= 0.6 is 23.1 Å². The summed E-state index contributed by atoms with van der Waals surface area (Å²) in [6, 6.07) is 8.71. The number of aromatic amines is 1. The predicted molar refractivity (Wildman–Crippen MR) is 123 cm³/mol. The number of rotatable bonds is 8. The van der Waals surface area contributed by atoms with Gasteiger partial charge in [0.15, 0.2) is 0 Å². The monoisotopic (exact) mass is 457 g/mol. The Hall–Kier alpha value is -2.65. The molecule has 0 bridgehead atoms. The molecule has 7 nitrogen and oxygen atoms in total. The van der Waals surface area contributed by atoms with Gasteiger partial charge in [-0.2, -0.15) is 0 Å². The number of ether oxygens (including phenoxy) is 1. The number of methoxy groups -OCH3 is 1. The number of nitrogens with one attached hydrogen (secondary N) is 2. The van der Waals surface area contributed by atoms with Crippen LogP contribution in [0.1, 0.15) is 28.2 Å². The molecule has 0 radical (unpaired) electrons. The standard InChI is InChI=1S/C22H23N3O4S2/c1-29-22(28)15(10-13-6-3-2-4-7-13)23-18(26)12-30-11-17-24-20(27)19-14-8-5-9-16(14)31-21(19)25-17/h2-4,6-7,15H,5,8-12H2,1H3,(H,23,26)(H,24,25,27). The summed E-state index contributed by atoms with van der Waals surface area (Å²) in [5.41, 5.74) is 1.99. The van der Waals surface area contributed by atoms with E-state index in [0.29, 0.717) is 18.0 Å². The third-order valence-electron chi connectivity index (χ3n) is 5.20. The minimum atomic E-state index is -0.747. The first kappa shape index (κ1) is 21.6. The molecule has 3 aromatic rings. The first-order chi connectivity index (χ1) is 15.0. The fourth-order valence-electron chi connectivity index (χ4n) is 3.78. The van der Waals surface area contributed by atoms with Crippen molar-refractivity contribution in [1.29, 1.82) is 0 Å². The number of esters is 1. The maximum atomic E-state index is 12.5. The highest BCUT2D eigenvalue weighted by Gasteiger charge is 2.23. The second kappa shape index (κ2) is 9.65. The van der Waals surface area contributed by atoms with Gasteiger partial charge in [0, 0.05) is 11.3 Å². The highest BCUT2D eigenvalue weighted by atomic mass is 32.2. The fraction of sp³-hybridized carbons (Fsp3) is 0.364. The Morgan fingerprint density at radius 2 is 2.10 bits per heavy atom. The smallest absolute Gasteiger partial charge is 0.328 e. The number of nitrogens with zero attached hydrogens (tertiary/aromatic N) is 1. The Balaban J connectivity index is 1.35. The van der Waals surface area contributed by atoms with Crippen LogP contribution in [-0.4, -0.2) is 40.7 Å². The van der Waals surface area contributed by atoms with Gasteiger partial charge in [-0.05, 0) is 30.4 Å². The van der Waals surface area contributed by atoms with E-state index in [9.17, 15) is 14.4 Å². The molecule has 2 aromatic heterocycles. The second-order valence-corrected chi connectivity index (χ2v) is 9.45. The molecule has 162 valence electrons. The highest BCUT2D eigenvalue weighted by molar-refractivity contribution is 7.99. The van der Waals surface area contributed by atoms with E-state index >= 15 is 0 Å². The van der Waals surface area contributed by atoms with Gasteiger partial charge in [-0.15, -0.1) is 23.1 Å². The van der Waals surface area contributed by atoms with Gasteiger partial charge in [-0.1, -0.05) is 30.3 Å². The minimum absolute atomic E-state index is 0.0990. The van der Waals surface area contributed by atoms with Crippen molar-refractivity contribution in [3.8, 4) is 0 Å². The third-order valence-corrected chi connectivity index (χ3v) is 7.33. The summed E-state index contributed by atoms with van der Waals surface area (Å²) >= 11 is 2.94. The highest BCUT2D eigenvalue weighted by Crippen LogP contribution is 2.34. The van der Waals surface area contributed by atoms with Crippen LogP contribution in [0.15, 0.2) is 35.1 Å². The average molecular weight is 458 g/mol. The number of H-pyrrole nitrogens is 1. The molecule has 1 aromatic carbocycles. The predicted octanol–water partition coefficient (Wildman–Crippen LogP) is 2.61. The number of thiophene rings is 1. The molecule has 1 aliphatic rings. The van der Waals surface area contributed by atoms with Crippen molar-refractivity contribution in [2.24, 2.45) is 0 Å². The van der Waals surface area contributed by atoms with Crippen molar-refractivity contribution >= 4 is 45.2 Å². The molecule has 4 rings (SSSR count). The number of aryl methyl sites for hydroxylation is 2. The van der Waals surface area contributed by atoms with Crippen molar-refractivity contribution in [3.63, 3.8) is 0 Å². The Labute approximate surface area is 187 Å². The topological polar surface area (TPSA) is 101 Å². The zero-order valence-electron chi connectivity index (χ0n) is 17.1. The van der Waals surface area contributed by atoms with Gasteiger partial charge in [0.25, 0.3) is 5.56 Å². The van der Waals surface area contributed by atoms with Crippen LogP contribution in [-0.2, 0) is 39.3 Å². The van der Waals surface area contributed by atoms with Crippen LogP contribution in [0.3, 0.4) is 0 Å². The van der Waals surface area contributed by atoms with Crippen LogP contribution < -0.4 is 10.9 Å². The molecule has 0 aliphatic heterocycles. The van der Waals surface area contributed by atoms with Crippen molar-refractivity contribution in [2.75, 3.05) is 12.9 Å². The van der Waals surface area contributed by atoms with Crippen molar-refractivity contribution in [3.05, 3.63) is 62.5 Å². The number of benzene rings is 1. The Kier molecular flexibility index (Phi) is 6.72. The van der Waals surface area contributed by atoms with E-state index in [1.807, 2.05) is 30.3 Å². The molecule has 0 fully saturated rings. The Bertz CT molecular complexity index is 1160. The number of aromatic nitrogens is 2. The summed E-state index contributed by atoms with van der Waals surface area (Å²) in [5, 5.41) is 3.47.